The van der Waals surface area contributed by atoms with Crippen molar-refractivity contribution in [2.45, 2.75) is 0 Å². The summed E-state index contributed by atoms with van der Waals surface area (Å²) in [6, 6.07) is 3.90. The molecule has 4 N–H and O–H groups in total. The normalized spacial score (nSPS) is 10.3. The first-order valence-electron chi connectivity index (χ1n) is 4.68. The van der Waals surface area contributed by atoms with E-state index in [0.717, 1.165) is 0 Å². The van der Waals surface area contributed by atoms with E-state index in [-0.39, 0.29) is 34.0 Å². The fraction of sp³-hybridized carbons (Fsp3) is 0. The molecular formula is C9H7ClN6O2. The number of rotatable bonds is 2. The minimum Gasteiger partial charge on any atom is -0.368 e. The minimum absolute atomic E-state index is 0.0833. The van der Waals surface area contributed by atoms with Crippen molar-refractivity contribution in [3.05, 3.63) is 33.3 Å². The highest BCUT2D eigenvalue weighted by Gasteiger charge is 2.14. The van der Waals surface area contributed by atoms with Gasteiger partial charge in [0.1, 0.15) is 0 Å². The molecular weight excluding hydrogens is 260 g/mol. The maximum absolute atomic E-state index is 10.7. The lowest BCUT2D eigenvalue weighted by molar-refractivity contribution is -0.384. The van der Waals surface area contributed by atoms with Crippen LogP contribution in [-0.4, -0.2) is 19.9 Å². The summed E-state index contributed by atoms with van der Waals surface area (Å²) in [7, 11) is 0. The monoisotopic (exact) mass is 266 g/mol. The number of nitrogen functional groups attached to an aromatic ring is 2. The summed E-state index contributed by atoms with van der Waals surface area (Å²) < 4.78 is 0. The molecule has 2 rings (SSSR count). The van der Waals surface area contributed by atoms with Gasteiger partial charge in [-0.15, -0.1) is 0 Å². The Bertz CT molecular complexity index is 612. The van der Waals surface area contributed by atoms with Gasteiger partial charge in [0.05, 0.1) is 9.95 Å². The molecule has 0 saturated heterocycles. The summed E-state index contributed by atoms with van der Waals surface area (Å²) in [6.45, 7) is 0. The van der Waals surface area contributed by atoms with E-state index >= 15 is 0 Å². The first-order chi connectivity index (χ1) is 8.47. The molecule has 0 radical (unpaired) electrons. The molecule has 0 atom stereocenters. The standard InChI is InChI=1S/C9H7ClN6O2/c10-6-2-1-4(16(17)18)3-5(6)7-13-8(11)15-9(12)14-7/h1-3H,(H4,11,12,13,14,15). The van der Waals surface area contributed by atoms with Crippen molar-refractivity contribution in [2.75, 3.05) is 11.5 Å². The Hall–Kier alpha value is -2.48. The Morgan fingerprint density at radius 1 is 1.17 bits per heavy atom. The highest BCUT2D eigenvalue weighted by atomic mass is 35.5. The number of nitro groups is 1. The summed E-state index contributed by atoms with van der Waals surface area (Å²) in [5.41, 5.74) is 11.0. The van der Waals surface area contributed by atoms with Gasteiger partial charge < -0.3 is 11.5 Å². The van der Waals surface area contributed by atoms with E-state index in [1.165, 1.54) is 18.2 Å². The molecule has 9 heteroatoms. The number of hydrogen-bond acceptors (Lipinski definition) is 7. The van der Waals surface area contributed by atoms with Crippen LogP contribution in [0.2, 0.25) is 5.02 Å². The third-order valence-corrected chi connectivity index (χ3v) is 2.40. The zero-order valence-corrected chi connectivity index (χ0v) is 9.63. The van der Waals surface area contributed by atoms with Gasteiger partial charge in [0, 0.05) is 17.7 Å². The van der Waals surface area contributed by atoms with Gasteiger partial charge in [-0.3, -0.25) is 10.1 Å². The average molecular weight is 267 g/mol. The van der Waals surface area contributed by atoms with Gasteiger partial charge >= 0.3 is 0 Å². The van der Waals surface area contributed by atoms with Crippen LogP contribution in [0.1, 0.15) is 0 Å². The molecule has 2 aromatic rings. The first kappa shape index (κ1) is 12.0. The van der Waals surface area contributed by atoms with Crippen molar-refractivity contribution >= 4 is 29.2 Å². The Labute approximate surface area is 106 Å². The largest absolute Gasteiger partial charge is 0.368 e. The van der Waals surface area contributed by atoms with Gasteiger partial charge in [-0.1, -0.05) is 11.6 Å². The highest BCUT2D eigenvalue weighted by molar-refractivity contribution is 6.33. The van der Waals surface area contributed by atoms with E-state index in [2.05, 4.69) is 15.0 Å². The van der Waals surface area contributed by atoms with Crippen LogP contribution < -0.4 is 11.5 Å². The Morgan fingerprint density at radius 3 is 2.33 bits per heavy atom. The van der Waals surface area contributed by atoms with Crippen LogP contribution in [0.15, 0.2) is 18.2 Å². The van der Waals surface area contributed by atoms with Gasteiger partial charge in [-0.05, 0) is 6.07 Å². The summed E-state index contributed by atoms with van der Waals surface area (Å²) in [6.07, 6.45) is 0. The van der Waals surface area contributed by atoms with Gasteiger partial charge in [0.25, 0.3) is 5.69 Å². The molecule has 0 aliphatic rings. The molecule has 0 aliphatic carbocycles. The third-order valence-electron chi connectivity index (χ3n) is 2.07. The van der Waals surface area contributed by atoms with Gasteiger partial charge in [0.2, 0.25) is 11.9 Å². The average Bonchev–Trinajstić information content (AvgIpc) is 2.27. The number of benzene rings is 1. The van der Waals surface area contributed by atoms with Crippen molar-refractivity contribution in [1.29, 1.82) is 0 Å². The van der Waals surface area contributed by atoms with Crippen LogP contribution in [0, 0.1) is 10.1 Å². The van der Waals surface area contributed by atoms with Crippen molar-refractivity contribution in [3.8, 4) is 11.4 Å². The predicted octanol–water partition coefficient (Wildman–Crippen LogP) is 1.26. The lowest BCUT2D eigenvalue weighted by Gasteiger charge is -2.04. The third kappa shape index (κ3) is 2.28. The zero-order chi connectivity index (χ0) is 13.3. The van der Waals surface area contributed by atoms with Crippen LogP contribution in [0.4, 0.5) is 17.6 Å². The van der Waals surface area contributed by atoms with E-state index in [0.29, 0.717) is 0 Å². The van der Waals surface area contributed by atoms with Gasteiger partial charge in [-0.25, -0.2) is 0 Å². The van der Waals surface area contributed by atoms with Crippen molar-refractivity contribution in [2.24, 2.45) is 0 Å². The van der Waals surface area contributed by atoms with Crippen LogP contribution in [0.25, 0.3) is 11.4 Å². The second kappa shape index (κ2) is 4.41. The molecule has 0 amide bonds. The van der Waals surface area contributed by atoms with E-state index in [1.807, 2.05) is 0 Å². The summed E-state index contributed by atoms with van der Waals surface area (Å²) in [5.74, 6) is -0.0751. The van der Waals surface area contributed by atoms with Gasteiger partial charge in [-0.2, -0.15) is 15.0 Å². The van der Waals surface area contributed by atoms with E-state index in [4.69, 9.17) is 23.1 Å². The molecule has 1 aromatic heterocycles. The minimum atomic E-state index is -0.548. The number of nitrogens with two attached hydrogens (primary N) is 2. The Balaban J connectivity index is 2.62. The van der Waals surface area contributed by atoms with Gasteiger partial charge in [0.15, 0.2) is 5.82 Å². The number of hydrogen-bond donors (Lipinski definition) is 2. The van der Waals surface area contributed by atoms with Crippen LogP contribution in [-0.2, 0) is 0 Å². The molecule has 0 saturated carbocycles. The Morgan fingerprint density at radius 2 is 1.78 bits per heavy atom. The molecule has 1 heterocycles. The smallest absolute Gasteiger partial charge is 0.270 e. The fourth-order valence-corrected chi connectivity index (χ4v) is 1.53. The zero-order valence-electron chi connectivity index (χ0n) is 8.87. The van der Waals surface area contributed by atoms with Crippen LogP contribution in [0.3, 0.4) is 0 Å². The predicted molar refractivity (Wildman–Crippen MR) is 65.8 cm³/mol. The lowest BCUT2D eigenvalue weighted by atomic mass is 10.2. The highest BCUT2D eigenvalue weighted by Crippen LogP contribution is 2.29. The summed E-state index contributed by atoms with van der Waals surface area (Å²) in [5, 5.41) is 10.9. The number of non-ortho nitro benzene ring substituents is 1. The van der Waals surface area contributed by atoms with E-state index < -0.39 is 4.92 Å². The fourth-order valence-electron chi connectivity index (χ4n) is 1.33. The molecule has 8 nitrogen and oxygen atoms in total. The second-order valence-electron chi connectivity index (χ2n) is 3.30. The molecule has 92 valence electrons. The van der Waals surface area contributed by atoms with Crippen molar-refractivity contribution in [1.82, 2.24) is 15.0 Å². The first-order valence-corrected chi connectivity index (χ1v) is 5.06. The van der Waals surface area contributed by atoms with Crippen LogP contribution in [0.5, 0.6) is 0 Å². The summed E-state index contributed by atoms with van der Waals surface area (Å²) in [4.78, 5) is 21.4. The maximum Gasteiger partial charge on any atom is 0.270 e. The van der Waals surface area contributed by atoms with E-state index in [9.17, 15) is 10.1 Å². The number of anilines is 2. The maximum atomic E-state index is 10.7. The van der Waals surface area contributed by atoms with Crippen molar-refractivity contribution < 1.29 is 4.92 Å². The van der Waals surface area contributed by atoms with Crippen molar-refractivity contribution in [3.63, 3.8) is 0 Å². The molecule has 0 bridgehead atoms. The Kier molecular flexibility index (Phi) is 2.94. The second-order valence-corrected chi connectivity index (χ2v) is 3.70. The molecule has 18 heavy (non-hydrogen) atoms. The van der Waals surface area contributed by atoms with E-state index in [1.54, 1.807) is 0 Å². The lowest BCUT2D eigenvalue weighted by Crippen LogP contribution is -2.04. The number of halogens is 1. The molecule has 0 unspecified atom stereocenters. The number of aromatic nitrogens is 3. The number of nitrogens with zero attached hydrogens (tertiary/aromatic N) is 4. The molecule has 1 aromatic carbocycles. The molecule has 0 fully saturated rings. The SMILES string of the molecule is Nc1nc(N)nc(-c2cc([N+](=O)[O-])ccc2Cl)n1. The topological polar surface area (TPSA) is 134 Å². The van der Waals surface area contributed by atoms with Crippen LogP contribution >= 0.6 is 11.6 Å². The number of nitro benzene ring substituents is 1. The molecule has 0 aliphatic heterocycles. The summed E-state index contributed by atoms with van der Waals surface area (Å²) >= 11 is 5.94. The quantitative estimate of drug-likeness (QED) is 0.617. The molecule has 0 spiro atoms.